The molecule has 0 bridgehead atoms. The Morgan fingerprint density at radius 2 is 2.06 bits per heavy atom. The number of aliphatic hydroxyl groups excluding tert-OH is 1. The summed E-state index contributed by atoms with van der Waals surface area (Å²) in [6, 6.07) is 9.08. The van der Waals surface area contributed by atoms with E-state index in [2.05, 4.69) is 27.4 Å². The molecule has 0 radical (unpaired) electrons. The number of nitrogens with zero attached hydrogens (tertiary/aromatic N) is 3. The molecule has 8 nitrogen and oxygen atoms in total. The van der Waals surface area contributed by atoms with Crippen LogP contribution in [0.4, 0.5) is 0 Å². The van der Waals surface area contributed by atoms with Gasteiger partial charge in [0, 0.05) is 30.9 Å². The zero-order chi connectivity index (χ0) is 23.6. The fraction of sp³-hybridized carbons (Fsp3) is 0.250. The average molecular weight is 438 g/mol. The number of benzene rings is 1. The van der Waals surface area contributed by atoms with Crippen molar-refractivity contribution < 1.29 is 14.7 Å². The van der Waals surface area contributed by atoms with E-state index in [0.29, 0.717) is 30.8 Å². The number of ketones is 1. The van der Waals surface area contributed by atoms with E-state index < -0.39 is 0 Å². The number of hydrogen-bond acceptors (Lipinski definition) is 7. The zero-order valence-electron chi connectivity index (χ0n) is 18.6. The Labute approximate surface area is 189 Å². The maximum atomic E-state index is 12.3. The SMILES string of the molecule is C/C=C(\C=C/CCNC(=O)/C=C(\O)NC)C(=O)c1ccccc1.C=NCN1CC=CC=N1. The van der Waals surface area contributed by atoms with Gasteiger partial charge in [-0.1, -0.05) is 54.6 Å². The molecule has 0 aromatic heterocycles. The van der Waals surface area contributed by atoms with Crippen molar-refractivity contribution in [2.75, 3.05) is 26.8 Å². The first-order valence-corrected chi connectivity index (χ1v) is 10.2. The molecule has 1 aliphatic heterocycles. The molecule has 0 spiro atoms. The molecule has 1 amide bonds. The summed E-state index contributed by atoms with van der Waals surface area (Å²) in [5, 5.41) is 20.0. The summed E-state index contributed by atoms with van der Waals surface area (Å²) in [5.74, 6) is -0.602. The first-order chi connectivity index (χ1) is 15.5. The fourth-order valence-corrected chi connectivity index (χ4v) is 2.43. The van der Waals surface area contributed by atoms with Crippen molar-refractivity contribution in [1.82, 2.24) is 15.6 Å². The second kappa shape index (κ2) is 15.8. The van der Waals surface area contributed by atoms with Gasteiger partial charge in [0.2, 0.25) is 5.91 Å². The van der Waals surface area contributed by atoms with Gasteiger partial charge in [-0.25, -0.2) is 0 Å². The van der Waals surface area contributed by atoms with E-state index in [9.17, 15) is 9.59 Å². The third kappa shape index (κ3) is 10.7. The van der Waals surface area contributed by atoms with Crippen LogP contribution in [0.2, 0.25) is 0 Å². The van der Waals surface area contributed by atoms with Crippen LogP contribution >= 0.6 is 0 Å². The van der Waals surface area contributed by atoms with Crippen LogP contribution in [0, 0.1) is 0 Å². The molecule has 32 heavy (non-hydrogen) atoms. The molecule has 0 saturated carbocycles. The number of carbonyl (C=O) groups excluding carboxylic acids is 2. The summed E-state index contributed by atoms with van der Waals surface area (Å²) in [6.07, 6.45) is 12.7. The lowest BCUT2D eigenvalue weighted by Crippen LogP contribution is -2.23. The van der Waals surface area contributed by atoms with Crippen LogP contribution in [-0.2, 0) is 4.79 Å². The Morgan fingerprint density at radius 1 is 1.31 bits per heavy atom. The molecule has 0 atom stereocenters. The smallest absolute Gasteiger partial charge is 0.249 e. The van der Waals surface area contributed by atoms with Crippen molar-refractivity contribution in [2.45, 2.75) is 13.3 Å². The molecule has 1 aromatic rings. The number of carbonyl (C=O) groups is 2. The number of nitrogens with one attached hydrogen (secondary N) is 2. The Morgan fingerprint density at radius 3 is 2.66 bits per heavy atom. The third-order valence-electron chi connectivity index (χ3n) is 4.07. The van der Waals surface area contributed by atoms with Gasteiger partial charge in [-0.2, -0.15) is 5.10 Å². The first kappa shape index (κ1) is 26.1. The summed E-state index contributed by atoms with van der Waals surface area (Å²) in [5.41, 5.74) is 1.25. The number of aliphatic imine (C=N–C) groups is 1. The molecule has 0 saturated heterocycles. The quantitative estimate of drug-likeness (QED) is 0.130. The molecule has 1 heterocycles. The summed E-state index contributed by atoms with van der Waals surface area (Å²) >= 11 is 0. The van der Waals surface area contributed by atoms with E-state index in [1.165, 1.54) is 7.05 Å². The molecule has 0 fully saturated rings. The zero-order valence-corrected chi connectivity index (χ0v) is 18.6. The van der Waals surface area contributed by atoms with Crippen LogP contribution in [0.15, 0.2) is 88.3 Å². The lowest BCUT2D eigenvalue weighted by molar-refractivity contribution is -0.116. The minimum Gasteiger partial charge on any atom is -0.495 e. The van der Waals surface area contributed by atoms with E-state index in [0.717, 1.165) is 12.6 Å². The van der Waals surface area contributed by atoms with Crippen molar-refractivity contribution in [2.24, 2.45) is 10.1 Å². The number of hydrazone groups is 1. The molecular formula is C24H31N5O3. The van der Waals surface area contributed by atoms with Crippen molar-refractivity contribution in [3.05, 3.63) is 83.8 Å². The Hall–Kier alpha value is -3.94. The van der Waals surface area contributed by atoms with Gasteiger partial charge in [-0.15, -0.1) is 0 Å². The van der Waals surface area contributed by atoms with Crippen LogP contribution in [0.5, 0.6) is 0 Å². The molecule has 0 aliphatic carbocycles. The van der Waals surface area contributed by atoms with Gasteiger partial charge in [0.05, 0.1) is 12.6 Å². The summed E-state index contributed by atoms with van der Waals surface area (Å²) in [6.45, 7) is 7.02. The monoisotopic (exact) mass is 437 g/mol. The fourth-order valence-electron chi connectivity index (χ4n) is 2.43. The van der Waals surface area contributed by atoms with Crippen LogP contribution in [-0.4, -0.2) is 61.5 Å². The van der Waals surface area contributed by atoms with Crippen LogP contribution in [0.25, 0.3) is 0 Å². The van der Waals surface area contributed by atoms with Crippen molar-refractivity contribution >= 4 is 24.6 Å². The molecule has 1 aromatic carbocycles. The van der Waals surface area contributed by atoms with E-state index in [1.54, 1.807) is 30.5 Å². The van der Waals surface area contributed by atoms with Gasteiger partial charge < -0.3 is 15.7 Å². The summed E-state index contributed by atoms with van der Waals surface area (Å²) < 4.78 is 0. The second-order valence-corrected chi connectivity index (χ2v) is 6.45. The highest BCUT2D eigenvalue weighted by Crippen LogP contribution is 2.09. The predicted octanol–water partition coefficient (Wildman–Crippen LogP) is 3.00. The lowest BCUT2D eigenvalue weighted by Gasteiger charge is -2.14. The molecule has 170 valence electrons. The number of amides is 1. The van der Waals surface area contributed by atoms with Gasteiger partial charge in [0.15, 0.2) is 11.7 Å². The maximum absolute atomic E-state index is 12.3. The van der Waals surface area contributed by atoms with E-state index in [-0.39, 0.29) is 17.6 Å². The minimum absolute atomic E-state index is 0.0322. The van der Waals surface area contributed by atoms with Gasteiger partial charge in [-0.3, -0.25) is 19.6 Å². The van der Waals surface area contributed by atoms with E-state index in [4.69, 9.17) is 5.11 Å². The normalized spacial score (nSPS) is 13.4. The molecule has 0 unspecified atom stereocenters. The molecular weight excluding hydrogens is 406 g/mol. The molecule has 8 heteroatoms. The Balaban J connectivity index is 0.000000471. The number of allylic oxidation sites excluding steroid dienone is 4. The molecule has 3 N–H and O–H groups in total. The average Bonchev–Trinajstić information content (AvgIpc) is 2.83. The van der Waals surface area contributed by atoms with Crippen molar-refractivity contribution in [1.29, 1.82) is 0 Å². The summed E-state index contributed by atoms with van der Waals surface area (Å²) in [4.78, 5) is 27.3. The second-order valence-electron chi connectivity index (χ2n) is 6.45. The molecule has 2 rings (SSSR count). The largest absolute Gasteiger partial charge is 0.495 e. The number of rotatable bonds is 10. The van der Waals surface area contributed by atoms with Gasteiger partial charge in [0.25, 0.3) is 0 Å². The van der Waals surface area contributed by atoms with Gasteiger partial charge in [-0.05, 0) is 26.1 Å². The first-order valence-electron chi connectivity index (χ1n) is 10.2. The standard InChI is InChI=1S/C18H22N2O3.C6H9N3/c1-3-14(18(23)15-10-5-4-6-11-15)9-7-8-12-20-17(22)13-16(21)19-2;1-7-6-9-5-3-2-4-8-9/h3-7,9-11,13,19,21H,8,12H2,1-2H3,(H,20,22);2-4H,1,5-6H2/b9-7-,14-3+,16-13-;. The van der Waals surface area contributed by atoms with E-state index >= 15 is 0 Å². The highest BCUT2D eigenvalue weighted by atomic mass is 16.3. The van der Waals surface area contributed by atoms with Crippen molar-refractivity contribution in [3.63, 3.8) is 0 Å². The highest BCUT2D eigenvalue weighted by molar-refractivity contribution is 6.10. The molecule has 1 aliphatic rings. The summed E-state index contributed by atoms with van der Waals surface area (Å²) in [7, 11) is 1.52. The Kier molecular flexibility index (Phi) is 12.9. The Bertz CT molecular complexity index is 884. The number of aliphatic hydroxyl groups is 1. The lowest BCUT2D eigenvalue weighted by atomic mass is 10.0. The van der Waals surface area contributed by atoms with Crippen LogP contribution < -0.4 is 10.6 Å². The minimum atomic E-state index is -0.378. The van der Waals surface area contributed by atoms with Crippen molar-refractivity contribution in [3.8, 4) is 0 Å². The van der Waals surface area contributed by atoms with Crippen LogP contribution in [0.3, 0.4) is 0 Å². The van der Waals surface area contributed by atoms with Gasteiger partial charge >= 0.3 is 0 Å². The maximum Gasteiger partial charge on any atom is 0.249 e. The third-order valence-corrected chi connectivity index (χ3v) is 4.07. The van der Waals surface area contributed by atoms with Crippen LogP contribution in [0.1, 0.15) is 23.7 Å². The van der Waals surface area contributed by atoms with Gasteiger partial charge in [0.1, 0.15) is 6.67 Å². The number of hydrogen-bond donors (Lipinski definition) is 3. The highest BCUT2D eigenvalue weighted by Gasteiger charge is 2.07. The van der Waals surface area contributed by atoms with E-state index in [1.807, 2.05) is 48.4 Å². The topological polar surface area (TPSA) is 106 Å². The predicted molar refractivity (Wildman–Crippen MR) is 130 cm³/mol. The number of Topliss-reactive ketones (excluding diaryl/α,β-unsaturated/α-hetero) is 1.